The van der Waals surface area contributed by atoms with Crippen LogP contribution in [-0.2, 0) is 4.74 Å². The molecule has 1 aromatic carbocycles. The van der Waals surface area contributed by atoms with Gasteiger partial charge in [-0.3, -0.25) is 0 Å². The van der Waals surface area contributed by atoms with E-state index in [2.05, 4.69) is 16.9 Å². The van der Waals surface area contributed by atoms with Gasteiger partial charge in [-0.25, -0.2) is 14.8 Å². The summed E-state index contributed by atoms with van der Waals surface area (Å²) in [6.45, 7) is 4.85. The monoisotopic (exact) mass is 329 g/mol. The van der Waals surface area contributed by atoms with Crippen molar-refractivity contribution in [3.8, 4) is 17.0 Å². The highest BCUT2D eigenvalue weighted by atomic mass is 16.5. The molecule has 2 N–H and O–H groups in total. The first kappa shape index (κ1) is 17.7. The number of ether oxygens (including phenoxy) is 2. The average molecular weight is 329 g/mol. The van der Waals surface area contributed by atoms with Crippen LogP contribution in [-0.4, -0.2) is 29.2 Å². The van der Waals surface area contributed by atoms with Crippen LogP contribution in [0.3, 0.4) is 0 Å². The Balaban J connectivity index is 2.20. The number of hydrogen-bond donors (Lipinski definition) is 1. The second kappa shape index (κ2) is 8.86. The molecule has 0 spiro atoms. The molecule has 0 aliphatic rings. The van der Waals surface area contributed by atoms with Gasteiger partial charge in [0.15, 0.2) is 5.69 Å². The number of carbonyl (C=O) groups excluding carboxylic acids is 1. The molecule has 0 saturated carbocycles. The van der Waals surface area contributed by atoms with Crippen molar-refractivity contribution in [1.29, 1.82) is 0 Å². The first-order valence-electron chi connectivity index (χ1n) is 8.19. The first-order chi connectivity index (χ1) is 11.6. The standard InChI is InChI=1S/C18H23N3O3/c1-3-5-6-10-24-14-9-7-8-13(11-14)15-12-16(17(22)23-4-2)21-18(19)20-15/h7-9,11-12H,3-6,10H2,1-2H3,(H2,19,20,21). The van der Waals surface area contributed by atoms with E-state index >= 15 is 0 Å². The van der Waals surface area contributed by atoms with E-state index in [1.54, 1.807) is 13.0 Å². The number of aromatic nitrogens is 2. The van der Waals surface area contributed by atoms with Crippen LogP contribution in [0.1, 0.15) is 43.6 Å². The van der Waals surface area contributed by atoms with Crippen LogP contribution >= 0.6 is 0 Å². The molecule has 0 bridgehead atoms. The van der Waals surface area contributed by atoms with Gasteiger partial charge < -0.3 is 15.2 Å². The smallest absolute Gasteiger partial charge is 0.357 e. The SMILES string of the molecule is CCCCCOc1cccc(-c2cc(C(=O)OCC)nc(N)n2)c1. The van der Waals surface area contributed by atoms with E-state index in [0.717, 1.165) is 30.6 Å². The Morgan fingerprint density at radius 1 is 1.17 bits per heavy atom. The predicted octanol–water partition coefficient (Wildman–Crippen LogP) is 3.47. The zero-order valence-corrected chi connectivity index (χ0v) is 14.1. The molecule has 0 aliphatic carbocycles. The molecule has 0 fully saturated rings. The second-order valence-corrected chi connectivity index (χ2v) is 5.30. The van der Waals surface area contributed by atoms with Crippen LogP contribution in [0.25, 0.3) is 11.3 Å². The Bertz CT molecular complexity index is 689. The summed E-state index contributed by atoms with van der Waals surface area (Å²) in [5, 5.41) is 0. The molecule has 0 unspecified atom stereocenters. The number of benzene rings is 1. The summed E-state index contributed by atoms with van der Waals surface area (Å²) >= 11 is 0. The average Bonchev–Trinajstić information content (AvgIpc) is 2.59. The Hall–Kier alpha value is -2.63. The topological polar surface area (TPSA) is 87.3 Å². The fourth-order valence-corrected chi connectivity index (χ4v) is 2.21. The van der Waals surface area contributed by atoms with Gasteiger partial charge in [0, 0.05) is 5.56 Å². The highest BCUT2D eigenvalue weighted by Crippen LogP contribution is 2.24. The number of nitrogen functional groups attached to an aromatic ring is 1. The highest BCUT2D eigenvalue weighted by Gasteiger charge is 2.13. The minimum absolute atomic E-state index is 0.0322. The van der Waals surface area contributed by atoms with Gasteiger partial charge in [0.05, 0.1) is 18.9 Å². The Kier molecular flexibility index (Phi) is 6.54. The third-order valence-electron chi connectivity index (χ3n) is 3.37. The maximum absolute atomic E-state index is 11.9. The van der Waals surface area contributed by atoms with E-state index in [9.17, 15) is 4.79 Å². The molecule has 0 atom stereocenters. The summed E-state index contributed by atoms with van der Waals surface area (Å²) in [5.41, 5.74) is 7.24. The maximum atomic E-state index is 11.9. The molecule has 0 saturated heterocycles. The van der Waals surface area contributed by atoms with E-state index in [-0.39, 0.29) is 18.2 Å². The number of rotatable bonds is 8. The molecule has 0 radical (unpaired) electrons. The summed E-state index contributed by atoms with van der Waals surface area (Å²) in [4.78, 5) is 20.0. The van der Waals surface area contributed by atoms with Gasteiger partial charge >= 0.3 is 5.97 Å². The fraction of sp³-hybridized carbons (Fsp3) is 0.389. The zero-order chi connectivity index (χ0) is 17.4. The molecule has 0 amide bonds. The number of nitrogens with zero attached hydrogens (tertiary/aromatic N) is 2. The third-order valence-corrected chi connectivity index (χ3v) is 3.37. The summed E-state index contributed by atoms with van der Waals surface area (Å²) in [6, 6.07) is 9.11. The van der Waals surface area contributed by atoms with Gasteiger partial charge in [-0.1, -0.05) is 31.9 Å². The molecule has 2 rings (SSSR count). The number of unbranched alkanes of at least 4 members (excludes halogenated alkanes) is 2. The molecule has 0 aliphatic heterocycles. The molecule has 2 aromatic rings. The third kappa shape index (κ3) is 4.94. The van der Waals surface area contributed by atoms with Crippen LogP contribution in [0.2, 0.25) is 0 Å². The molecule has 128 valence electrons. The summed E-state index contributed by atoms with van der Waals surface area (Å²) in [7, 11) is 0. The Morgan fingerprint density at radius 2 is 2.00 bits per heavy atom. The number of anilines is 1. The van der Waals surface area contributed by atoms with Crippen molar-refractivity contribution in [2.45, 2.75) is 33.1 Å². The molecule has 1 aromatic heterocycles. The first-order valence-corrected chi connectivity index (χ1v) is 8.19. The number of hydrogen-bond acceptors (Lipinski definition) is 6. The van der Waals surface area contributed by atoms with Crippen molar-refractivity contribution in [3.05, 3.63) is 36.0 Å². The lowest BCUT2D eigenvalue weighted by atomic mass is 10.1. The number of carbonyl (C=O) groups is 1. The quantitative estimate of drug-likeness (QED) is 0.589. The zero-order valence-electron chi connectivity index (χ0n) is 14.1. The fourth-order valence-electron chi connectivity index (χ4n) is 2.21. The molecular formula is C18H23N3O3. The van der Waals surface area contributed by atoms with Gasteiger partial charge in [-0.15, -0.1) is 0 Å². The van der Waals surface area contributed by atoms with E-state index in [0.29, 0.717) is 12.3 Å². The van der Waals surface area contributed by atoms with Gasteiger partial charge in [0.1, 0.15) is 5.75 Å². The van der Waals surface area contributed by atoms with Gasteiger partial charge in [0.2, 0.25) is 5.95 Å². The lowest BCUT2D eigenvalue weighted by molar-refractivity contribution is 0.0519. The van der Waals surface area contributed by atoms with Crippen molar-refractivity contribution < 1.29 is 14.3 Å². The minimum Gasteiger partial charge on any atom is -0.494 e. The maximum Gasteiger partial charge on any atom is 0.357 e. The second-order valence-electron chi connectivity index (χ2n) is 5.30. The highest BCUT2D eigenvalue weighted by molar-refractivity contribution is 5.88. The molecule has 6 heteroatoms. The van der Waals surface area contributed by atoms with Crippen LogP contribution in [0.4, 0.5) is 5.95 Å². The summed E-state index contributed by atoms with van der Waals surface area (Å²) in [6.07, 6.45) is 3.32. The molecule has 24 heavy (non-hydrogen) atoms. The van der Waals surface area contributed by atoms with Gasteiger partial charge in [-0.2, -0.15) is 0 Å². The van der Waals surface area contributed by atoms with Crippen molar-refractivity contribution in [1.82, 2.24) is 9.97 Å². The molecular weight excluding hydrogens is 306 g/mol. The van der Waals surface area contributed by atoms with Crippen LogP contribution in [0.15, 0.2) is 30.3 Å². The molecule has 6 nitrogen and oxygen atoms in total. The largest absolute Gasteiger partial charge is 0.494 e. The number of esters is 1. The van der Waals surface area contributed by atoms with Crippen LogP contribution in [0.5, 0.6) is 5.75 Å². The van der Waals surface area contributed by atoms with Gasteiger partial charge in [-0.05, 0) is 31.5 Å². The predicted molar refractivity (Wildman–Crippen MR) is 92.9 cm³/mol. The van der Waals surface area contributed by atoms with E-state index in [4.69, 9.17) is 15.2 Å². The Labute approximate surface area is 142 Å². The number of nitrogens with two attached hydrogens (primary N) is 1. The van der Waals surface area contributed by atoms with Gasteiger partial charge in [0.25, 0.3) is 0 Å². The lowest BCUT2D eigenvalue weighted by Crippen LogP contribution is -2.10. The van der Waals surface area contributed by atoms with Crippen molar-refractivity contribution in [3.63, 3.8) is 0 Å². The van der Waals surface area contributed by atoms with Crippen molar-refractivity contribution in [2.75, 3.05) is 18.9 Å². The Morgan fingerprint density at radius 3 is 2.75 bits per heavy atom. The molecule has 1 heterocycles. The lowest BCUT2D eigenvalue weighted by Gasteiger charge is -2.09. The van der Waals surface area contributed by atoms with E-state index < -0.39 is 5.97 Å². The van der Waals surface area contributed by atoms with Crippen molar-refractivity contribution in [2.24, 2.45) is 0 Å². The van der Waals surface area contributed by atoms with Crippen LogP contribution < -0.4 is 10.5 Å². The minimum atomic E-state index is -0.514. The summed E-state index contributed by atoms with van der Waals surface area (Å²) < 4.78 is 10.7. The van der Waals surface area contributed by atoms with Crippen molar-refractivity contribution >= 4 is 11.9 Å². The van der Waals surface area contributed by atoms with E-state index in [1.165, 1.54) is 0 Å². The summed E-state index contributed by atoms with van der Waals surface area (Å²) in [5.74, 6) is 0.281. The van der Waals surface area contributed by atoms with E-state index in [1.807, 2.05) is 24.3 Å². The van der Waals surface area contributed by atoms with Crippen LogP contribution in [0, 0.1) is 0 Å². The normalized spacial score (nSPS) is 10.4.